The lowest BCUT2D eigenvalue weighted by Gasteiger charge is -2.46. The number of nitriles is 1. The van der Waals surface area contributed by atoms with Gasteiger partial charge in [0.2, 0.25) is 11.8 Å². The number of rotatable bonds is 5. The average Bonchev–Trinajstić information content (AvgIpc) is 3.43. The Morgan fingerprint density at radius 3 is 2.72 bits per heavy atom. The molecule has 1 aliphatic carbocycles. The number of benzene rings is 2. The molecule has 6 rings (SSSR count). The molecule has 3 heterocycles. The Hall–Kier alpha value is -3.93. The third-order valence-electron chi connectivity index (χ3n) is 9.10. The number of allylic oxidation sites excluding steroid dienone is 2. The van der Waals surface area contributed by atoms with E-state index in [9.17, 15) is 10.1 Å². The minimum absolute atomic E-state index is 0.115. The van der Waals surface area contributed by atoms with Gasteiger partial charge >= 0.3 is 0 Å². The molecule has 4 aliphatic rings. The molecule has 4 atom stereocenters. The molecular weight excluding hydrogens is 565 g/mol. The van der Waals surface area contributed by atoms with Crippen molar-refractivity contribution < 1.29 is 13.9 Å². The Kier molecular flexibility index (Phi) is 8.13. The highest BCUT2D eigenvalue weighted by Gasteiger charge is 2.41. The van der Waals surface area contributed by atoms with E-state index < -0.39 is 12.0 Å². The summed E-state index contributed by atoms with van der Waals surface area (Å²) in [6, 6.07) is 13.4. The predicted octanol–water partition coefficient (Wildman–Crippen LogP) is 5.75. The molecule has 1 amide bonds. The molecule has 2 unspecified atom stereocenters. The lowest BCUT2D eigenvalue weighted by atomic mass is 9.81. The highest BCUT2D eigenvalue weighted by molar-refractivity contribution is 6.36. The molecule has 0 bridgehead atoms. The number of amides is 1. The fraction of sp³-hybridized carbons (Fsp3) is 0.382. The van der Waals surface area contributed by atoms with Crippen LogP contribution >= 0.6 is 11.6 Å². The lowest BCUT2D eigenvalue weighted by molar-refractivity contribution is -0.128. The van der Waals surface area contributed by atoms with Crippen LogP contribution in [0.15, 0.2) is 83.3 Å². The summed E-state index contributed by atoms with van der Waals surface area (Å²) >= 11 is 6.62. The number of ether oxygens (including phenoxy) is 1. The quantitative estimate of drug-likeness (QED) is 0.410. The van der Waals surface area contributed by atoms with E-state index in [0.29, 0.717) is 53.7 Å². The molecule has 2 fully saturated rings. The molecule has 3 aliphatic heterocycles. The van der Waals surface area contributed by atoms with Gasteiger partial charge in [-0.1, -0.05) is 48.5 Å². The van der Waals surface area contributed by atoms with Crippen LogP contribution in [0.25, 0.3) is 16.3 Å². The van der Waals surface area contributed by atoms with Crippen molar-refractivity contribution in [2.24, 2.45) is 10.9 Å². The average molecular weight is 600 g/mol. The summed E-state index contributed by atoms with van der Waals surface area (Å²) in [5.74, 6) is -0.727. The Bertz CT molecular complexity index is 1630. The zero-order valence-electron chi connectivity index (χ0n) is 24.5. The van der Waals surface area contributed by atoms with Gasteiger partial charge in [0.25, 0.3) is 0 Å². The van der Waals surface area contributed by atoms with E-state index in [0.717, 1.165) is 30.2 Å². The van der Waals surface area contributed by atoms with Gasteiger partial charge in [-0.05, 0) is 68.6 Å². The fourth-order valence-electron chi connectivity index (χ4n) is 6.83. The van der Waals surface area contributed by atoms with E-state index in [1.807, 2.05) is 49.4 Å². The number of halogens is 2. The number of carbonyl (C=O) groups excluding carboxylic acids is 1. The maximum Gasteiger partial charge on any atom is 0.246 e. The number of piperazine rings is 1. The number of likely N-dealkylation sites (tertiary alicyclic amines) is 1. The number of nitrogens with zero attached hydrogens (tertiary/aromatic N) is 5. The number of dihydropyridines is 1. The molecule has 0 radical (unpaired) electrons. The molecule has 2 saturated heterocycles. The Morgan fingerprint density at radius 2 is 2.02 bits per heavy atom. The zero-order valence-corrected chi connectivity index (χ0v) is 25.2. The van der Waals surface area contributed by atoms with Crippen LogP contribution in [0.5, 0.6) is 0 Å². The predicted molar refractivity (Wildman–Crippen MR) is 168 cm³/mol. The molecule has 2 aromatic carbocycles. The Balaban J connectivity index is 1.42. The number of hydrogen-bond donors (Lipinski definition) is 0. The smallest absolute Gasteiger partial charge is 0.246 e. The summed E-state index contributed by atoms with van der Waals surface area (Å²) in [5, 5.41) is 12.7. The first-order valence-electron chi connectivity index (χ1n) is 14.8. The number of aliphatic imine (C=N–C) groups is 1. The third kappa shape index (κ3) is 5.37. The maximum atomic E-state index is 16.2. The molecule has 9 heteroatoms. The standard InChI is InChI=1S/C34H35ClFN5O2/c1-4-31(42)40-14-15-41(21(2)19-40)33-26-16-29(36)25(24-11-5-8-22-9-6-12-28(35)32(22)24)17-30(26)38-34(27(33)18-37)43-20-23-10-7-13-39(23)3/h4-6,8-9,11-12,16-17,21,23,26,30H,1,7,10,13-15,19-20H2,2-3H3/t21-,23-,26?,30?/m0/s1. The molecule has 0 saturated carbocycles. The van der Waals surface area contributed by atoms with Crippen LogP contribution in [0.2, 0.25) is 5.02 Å². The minimum Gasteiger partial charge on any atom is -0.475 e. The minimum atomic E-state index is -0.505. The van der Waals surface area contributed by atoms with Crippen molar-refractivity contribution in [2.75, 3.05) is 39.8 Å². The van der Waals surface area contributed by atoms with Crippen molar-refractivity contribution in [3.8, 4) is 6.07 Å². The summed E-state index contributed by atoms with van der Waals surface area (Å²) in [6.45, 7) is 8.49. The number of likely N-dealkylation sites (N-methyl/N-ethyl adjacent to an activating group) is 1. The summed E-state index contributed by atoms with van der Waals surface area (Å²) in [4.78, 5) is 23.5. The van der Waals surface area contributed by atoms with Crippen LogP contribution < -0.4 is 0 Å². The molecular formula is C34H35ClFN5O2. The van der Waals surface area contributed by atoms with E-state index in [1.165, 1.54) is 6.08 Å². The highest BCUT2D eigenvalue weighted by atomic mass is 35.5. The third-order valence-corrected chi connectivity index (χ3v) is 9.42. The van der Waals surface area contributed by atoms with Gasteiger partial charge < -0.3 is 19.4 Å². The van der Waals surface area contributed by atoms with E-state index in [2.05, 4.69) is 29.5 Å². The van der Waals surface area contributed by atoms with Gasteiger partial charge in [-0.25, -0.2) is 9.38 Å². The molecule has 0 spiro atoms. The Morgan fingerprint density at radius 1 is 1.23 bits per heavy atom. The topological polar surface area (TPSA) is 72.2 Å². The largest absolute Gasteiger partial charge is 0.475 e. The summed E-state index contributed by atoms with van der Waals surface area (Å²) in [5.41, 5.74) is 2.14. The van der Waals surface area contributed by atoms with Crippen LogP contribution in [0, 0.1) is 17.2 Å². The van der Waals surface area contributed by atoms with Crippen LogP contribution in [0.1, 0.15) is 25.3 Å². The van der Waals surface area contributed by atoms with E-state index >= 15 is 4.39 Å². The van der Waals surface area contributed by atoms with Crippen molar-refractivity contribution >= 4 is 39.8 Å². The summed E-state index contributed by atoms with van der Waals surface area (Å²) in [6.07, 6.45) is 6.87. The van der Waals surface area contributed by atoms with Gasteiger partial charge in [-0.15, -0.1) is 0 Å². The molecule has 222 valence electrons. The zero-order chi connectivity index (χ0) is 30.2. The molecule has 2 aromatic rings. The SMILES string of the molecule is C=CC(=O)N1CCN(C2=C(C#N)C(OC[C@@H]3CCCN3C)=NC3C=C(c4cccc5cccc(Cl)c45)C(F)=CC23)[C@@H](C)C1. The van der Waals surface area contributed by atoms with Crippen molar-refractivity contribution in [2.45, 2.75) is 37.9 Å². The highest BCUT2D eigenvalue weighted by Crippen LogP contribution is 2.43. The van der Waals surface area contributed by atoms with Gasteiger partial charge in [-0.3, -0.25) is 4.79 Å². The monoisotopic (exact) mass is 599 g/mol. The normalized spacial score (nSPS) is 26.0. The van der Waals surface area contributed by atoms with Crippen LogP contribution in [-0.4, -0.2) is 84.5 Å². The summed E-state index contributed by atoms with van der Waals surface area (Å²) in [7, 11) is 2.08. The number of fused-ring (bicyclic) bond motifs is 2. The van der Waals surface area contributed by atoms with E-state index in [-0.39, 0.29) is 29.7 Å². The lowest BCUT2D eigenvalue weighted by Crippen LogP contribution is -2.55. The summed E-state index contributed by atoms with van der Waals surface area (Å²) < 4.78 is 22.6. The van der Waals surface area contributed by atoms with Crippen molar-refractivity contribution in [1.82, 2.24) is 14.7 Å². The van der Waals surface area contributed by atoms with Crippen molar-refractivity contribution in [3.05, 3.63) is 88.9 Å². The second-order valence-corrected chi connectivity index (χ2v) is 12.1. The van der Waals surface area contributed by atoms with Crippen molar-refractivity contribution in [1.29, 1.82) is 5.26 Å². The van der Waals surface area contributed by atoms with E-state index in [4.69, 9.17) is 21.3 Å². The van der Waals surface area contributed by atoms with Gasteiger partial charge in [0, 0.05) is 59.3 Å². The maximum absolute atomic E-state index is 16.2. The van der Waals surface area contributed by atoms with Crippen LogP contribution in [-0.2, 0) is 9.53 Å². The van der Waals surface area contributed by atoms with Gasteiger partial charge in [0.15, 0.2) is 0 Å². The first kappa shape index (κ1) is 29.2. The molecule has 43 heavy (non-hydrogen) atoms. The molecule has 0 aromatic heterocycles. The number of carbonyl (C=O) groups is 1. The first-order chi connectivity index (χ1) is 20.8. The van der Waals surface area contributed by atoms with Gasteiger partial charge in [0.05, 0.1) is 6.04 Å². The first-order valence-corrected chi connectivity index (χ1v) is 15.2. The molecule has 7 nitrogen and oxygen atoms in total. The second-order valence-electron chi connectivity index (χ2n) is 11.7. The van der Waals surface area contributed by atoms with Gasteiger partial charge in [0.1, 0.15) is 24.1 Å². The number of hydrogen-bond acceptors (Lipinski definition) is 6. The fourth-order valence-corrected chi connectivity index (χ4v) is 7.12. The second kappa shape index (κ2) is 12.0. The Labute approximate surface area is 256 Å². The van der Waals surface area contributed by atoms with Crippen molar-refractivity contribution in [3.63, 3.8) is 0 Å². The van der Waals surface area contributed by atoms with Gasteiger partial charge in [-0.2, -0.15) is 5.26 Å². The van der Waals surface area contributed by atoms with E-state index in [1.54, 1.807) is 11.0 Å². The van der Waals surface area contributed by atoms with Crippen LogP contribution in [0.4, 0.5) is 4.39 Å². The van der Waals surface area contributed by atoms with Crippen LogP contribution in [0.3, 0.4) is 0 Å². The molecule has 0 N–H and O–H groups in total.